The second-order valence-electron chi connectivity index (χ2n) is 5.09. The molecule has 0 fully saturated rings. The molecule has 0 aliphatic heterocycles. The lowest BCUT2D eigenvalue weighted by atomic mass is 10.1. The van der Waals surface area contributed by atoms with E-state index in [9.17, 15) is 4.79 Å². The summed E-state index contributed by atoms with van der Waals surface area (Å²) in [5.74, 6) is -1.17. The van der Waals surface area contributed by atoms with E-state index in [0.29, 0.717) is 12.5 Å². The molecule has 2 N–H and O–H groups in total. The molecular formula is C14H16N2O2S2. The van der Waals surface area contributed by atoms with E-state index in [0.717, 1.165) is 28.5 Å². The number of carboxylic acids is 1. The molecule has 0 aromatic carbocycles. The summed E-state index contributed by atoms with van der Waals surface area (Å²) in [6.07, 6.45) is 2.49. The summed E-state index contributed by atoms with van der Waals surface area (Å²) in [6, 6.07) is 4.48. The average molecular weight is 308 g/mol. The molecule has 1 aliphatic rings. The fraction of sp³-hybridized carbons (Fsp3) is 0.429. The molecule has 0 saturated heterocycles. The maximum absolute atomic E-state index is 11.2. The van der Waals surface area contributed by atoms with Crippen LogP contribution in [-0.4, -0.2) is 22.1 Å². The number of aromatic nitrogens is 1. The highest BCUT2D eigenvalue weighted by molar-refractivity contribution is 7.15. The summed E-state index contributed by atoms with van der Waals surface area (Å²) in [7, 11) is 0. The molecule has 2 aromatic heterocycles. The highest BCUT2D eigenvalue weighted by Crippen LogP contribution is 2.38. The topological polar surface area (TPSA) is 62.2 Å². The van der Waals surface area contributed by atoms with Crippen molar-refractivity contribution in [2.45, 2.75) is 38.1 Å². The number of carboxylic acid groups (broad SMARTS) is 1. The number of hydrogen-bond acceptors (Lipinski definition) is 5. The Balaban J connectivity index is 1.67. The summed E-state index contributed by atoms with van der Waals surface area (Å²) < 4.78 is 0. The van der Waals surface area contributed by atoms with Crippen molar-refractivity contribution in [2.24, 2.45) is 0 Å². The van der Waals surface area contributed by atoms with Gasteiger partial charge < -0.3 is 10.4 Å². The standard InChI is InChI=1S/C14H16N2O2S2/c1-8(7-9-3-2-6-19-9)15-14-16-12-10(13(17)18)4-5-11(12)20-14/h2-3,6,8,10H,4-5,7H2,1H3,(H,15,16)(H,17,18). The van der Waals surface area contributed by atoms with Gasteiger partial charge in [0.1, 0.15) is 5.92 Å². The minimum Gasteiger partial charge on any atom is -0.481 e. The number of anilines is 1. The number of aliphatic carboxylic acids is 1. The molecule has 0 spiro atoms. The summed E-state index contributed by atoms with van der Waals surface area (Å²) in [5.41, 5.74) is 0.772. The lowest BCUT2D eigenvalue weighted by Crippen LogP contribution is -2.17. The van der Waals surface area contributed by atoms with Gasteiger partial charge in [0.25, 0.3) is 0 Å². The third kappa shape index (κ3) is 2.71. The van der Waals surface area contributed by atoms with Crippen molar-refractivity contribution in [1.29, 1.82) is 0 Å². The average Bonchev–Trinajstić information content (AvgIpc) is 3.04. The molecule has 0 amide bonds. The molecule has 2 atom stereocenters. The van der Waals surface area contributed by atoms with Crippen molar-refractivity contribution in [3.8, 4) is 0 Å². The van der Waals surface area contributed by atoms with E-state index in [1.54, 1.807) is 22.7 Å². The number of nitrogens with one attached hydrogen (secondary N) is 1. The lowest BCUT2D eigenvalue weighted by molar-refractivity contribution is -0.138. The first kappa shape index (κ1) is 13.6. The summed E-state index contributed by atoms with van der Waals surface area (Å²) in [6.45, 7) is 2.13. The zero-order valence-electron chi connectivity index (χ0n) is 11.1. The van der Waals surface area contributed by atoms with Crippen LogP contribution in [0.15, 0.2) is 17.5 Å². The van der Waals surface area contributed by atoms with Crippen molar-refractivity contribution in [3.63, 3.8) is 0 Å². The second-order valence-corrected chi connectivity index (χ2v) is 7.20. The predicted octanol–water partition coefficient (Wildman–Crippen LogP) is 3.36. The molecule has 2 unspecified atom stereocenters. The molecular weight excluding hydrogens is 292 g/mol. The molecule has 0 saturated carbocycles. The summed E-state index contributed by atoms with van der Waals surface area (Å²) >= 11 is 3.36. The number of thiophene rings is 1. The van der Waals surface area contributed by atoms with Crippen molar-refractivity contribution in [2.75, 3.05) is 5.32 Å². The van der Waals surface area contributed by atoms with Crippen LogP contribution in [0.5, 0.6) is 0 Å². The monoisotopic (exact) mass is 308 g/mol. The Morgan fingerprint density at radius 3 is 3.20 bits per heavy atom. The minimum absolute atomic E-state index is 0.295. The first-order valence-corrected chi connectivity index (χ1v) is 8.34. The number of thiazole rings is 1. The van der Waals surface area contributed by atoms with E-state index in [1.165, 1.54) is 4.88 Å². The van der Waals surface area contributed by atoms with E-state index in [2.05, 4.69) is 34.7 Å². The van der Waals surface area contributed by atoms with Gasteiger partial charge in [0.05, 0.1) is 5.69 Å². The molecule has 3 rings (SSSR count). The van der Waals surface area contributed by atoms with Crippen LogP contribution in [0.1, 0.15) is 34.7 Å². The van der Waals surface area contributed by atoms with Crippen LogP contribution in [-0.2, 0) is 17.6 Å². The fourth-order valence-electron chi connectivity index (χ4n) is 2.52. The van der Waals surface area contributed by atoms with Crippen LogP contribution in [0.2, 0.25) is 0 Å². The van der Waals surface area contributed by atoms with Gasteiger partial charge in [0.2, 0.25) is 0 Å². The predicted molar refractivity (Wildman–Crippen MR) is 81.9 cm³/mol. The summed E-state index contributed by atoms with van der Waals surface area (Å²) in [5, 5.41) is 15.5. The number of carbonyl (C=O) groups is 1. The molecule has 106 valence electrons. The molecule has 4 nitrogen and oxygen atoms in total. The van der Waals surface area contributed by atoms with Crippen LogP contribution in [0, 0.1) is 0 Å². The smallest absolute Gasteiger partial charge is 0.312 e. The van der Waals surface area contributed by atoms with Gasteiger partial charge in [0.15, 0.2) is 5.13 Å². The first-order valence-electron chi connectivity index (χ1n) is 6.65. The van der Waals surface area contributed by atoms with E-state index in [1.807, 2.05) is 0 Å². The van der Waals surface area contributed by atoms with Gasteiger partial charge in [-0.15, -0.1) is 22.7 Å². The Morgan fingerprint density at radius 2 is 2.50 bits per heavy atom. The molecule has 2 heterocycles. The Bertz CT molecular complexity index is 607. The number of aryl methyl sites for hydroxylation is 1. The van der Waals surface area contributed by atoms with Crippen LogP contribution in [0.4, 0.5) is 5.13 Å². The zero-order chi connectivity index (χ0) is 14.1. The largest absolute Gasteiger partial charge is 0.481 e. The number of fused-ring (bicyclic) bond motifs is 1. The van der Waals surface area contributed by atoms with Crippen molar-refractivity contribution in [1.82, 2.24) is 4.98 Å². The van der Waals surface area contributed by atoms with E-state index >= 15 is 0 Å². The Labute approximate surface area is 125 Å². The van der Waals surface area contributed by atoms with Crippen LogP contribution >= 0.6 is 22.7 Å². The van der Waals surface area contributed by atoms with Crippen LogP contribution in [0.25, 0.3) is 0 Å². The Morgan fingerprint density at radius 1 is 1.65 bits per heavy atom. The van der Waals surface area contributed by atoms with E-state index in [-0.39, 0.29) is 0 Å². The Hall–Kier alpha value is -1.40. The zero-order valence-corrected chi connectivity index (χ0v) is 12.8. The number of rotatable bonds is 5. The van der Waals surface area contributed by atoms with Crippen molar-refractivity contribution >= 4 is 33.8 Å². The fourth-order valence-corrected chi connectivity index (χ4v) is 4.51. The van der Waals surface area contributed by atoms with Gasteiger partial charge >= 0.3 is 5.97 Å². The quantitative estimate of drug-likeness (QED) is 0.889. The van der Waals surface area contributed by atoms with Gasteiger partial charge in [-0.3, -0.25) is 4.79 Å². The maximum atomic E-state index is 11.2. The number of nitrogens with zero attached hydrogens (tertiary/aromatic N) is 1. The Kier molecular flexibility index (Phi) is 3.76. The first-order chi connectivity index (χ1) is 9.63. The van der Waals surface area contributed by atoms with Gasteiger partial charge in [0, 0.05) is 22.2 Å². The SMILES string of the molecule is CC(Cc1cccs1)Nc1nc2c(s1)CCC2C(=O)O. The third-order valence-electron chi connectivity index (χ3n) is 3.47. The van der Waals surface area contributed by atoms with E-state index < -0.39 is 11.9 Å². The molecule has 0 bridgehead atoms. The highest BCUT2D eigenvalue weighted by atomic mass is 32.1. The lowest BCUT2D eigenvalue weighted by Gasteiger charge is -2.11. The molecule has 0 radical (unpaired) electrons. The maximum Gasteiger partial charge on any atom is 0.312 e. The van der Waals surface area contributed by atoms with Crippen molar-refractivity contribution in [3.05, 3.63) is 33.0 Å². The third-order valence-corrected chi connectivity index (χ3v) is 5.43. The molecule has 2 aromatic rings. The van der Waals surface area contributed by atoms with Gasteiger partial charge in [-0.1, -0.05) is 6.07 Å². The molecule has 1 aliphatic carbocycles. The van der Waals surface area contributed by atoms with Crippen LogP contribution < -0.4 is 5.32 Å². The molecule has 6 heteroatoms. The van der Waals surface area contributed by atoms with Gasteiger partial charge in [-0.2, -0.15) is 0 Å². The highest BCUT2D eigenvalue weighted by Gasteiger charge is 2.32. The van der Waals surface area contributed by atoms with Gasteiger partial charge in [-0.05, 0) is 31.2 Å². The normalized spacial score (nSPS) is 18.8. The number of hydrogen-bond donors (Lipinski definition) is 2. The van der Waals surface area contributed by atoms with E-state index in [4.69, 9.17) is 5.11 Å². The second kappa shape index (κ2) is 5.54. The minimum atomic E-state index is -0.757. The van der Waals surface area contributed by atoms with Gasteiger partial charge in [-0.25, -0.2) is 4.98 Å². The molecule has 20 heavy (non-hydrogen) atoms. The summed E-state index contributed by atoms with van der Waals surface area (Å²) in [4.78, 5) is 18.1. The van der Waals surface area contributed by atoms with Crippen molar-refractivity contribution < 1.29 is 9.90 Å². The van der Waals surface area contributed by atoms with Crippen LogP contribution in [0.3, 0.4) is 0 Å².